The van der Waals surface area contributed by atoms with Crippen LogP contribution in [0, 0.1) is 0 Å². The van der Waals surface area contributed by atoms with E-state index >= 15 is 0 Å². The molecule has 2 aliphatic rings. The van der Waals surface area contributed by atoms with E-state index in [1.54, 1.807) is 0 Å². The lowest BCUT2D eigenvalue weighted by atomic mass is 9.64. The Morgan fingerprint density at radius 2 is 0.917 bits per heavy atom. The van der Waals surface area contributed by atoms with E-state index in [0.29, 0.717) is 0 Å². The molecule has 10 N–H and O–H groups in total. The number of rotatable bonds is 3. The number of aliphatic hydroxyl groups is 10. The lowest BCUT2D eigenvalue weighted by Gasteiger charge is -2.59. The quantitative estimate of drug-likeness (QED) is 0.227. The third-order valence-electron chi connectivity index (χ3n) is 4.70. The van der Waals surface area contributed by atoms with Gasteiger partial charge in [0.2, 0.25) is 0 Å². The molecule has 0 bridgehead atoms. The van der Waals surface area contributed by atoms with Crippen LogP contribution in [-0.4, -0.2) is 125 Å². The summed E-state index contributed by atoms with van der Waals surface area (Å²) in [7, 11) is 0. The summed E-state index contributed by atoms with van der Waals surface area (Å²) in [6.45, 7) is -2.19. The molecule has 0 unspecified atom stereocenters. The average molecular weight is 358 g/mol. The second-order valence-electron chi connectivity index (χ2n) is 5.92. The first-order chi connectivity index (χ1) is 11.1. The molecule has 142 valence electrons. The smallest absolute Gasteiger partial charge is 0.184 e. The Labute approximate surface area is 135 Å². The fraction of sp³-hybridized carbons (Fsp3) is 1.00. The highest BCUT2D eigenvalue weighted by Gasteiger charge is 2.72. The van der Waals surface area contributed by atoms with Crippen molar-refractivity contribution in [2.45, 2.75) is 60.4 Å². The first-order valence-corrected chi connectivity index (χ1v) is 7.13. The third kappa shape index (κ3) is 2.47. The average Bonchev–Trinajstić information content (AvgIpc) is 2.57. The predicted octanol–water partition coefficient (Wildman–Crippen LogP) is -6.69. The summed E-state index contributed by atoms with van der Waals surface area (Å²) in [4.78, 5) is 0. The van der Waals surface area contributed by atoms with E-state index in [-0.39, 0.29) is 0 Å². The second kappa shape index (κ2) is 6.68. The summed E-state index contributed by atoms with van der Waals surface area (Å²) < 4.78 is 9.50. The van der Waals surface area contributed by atoms with E-state index in [9.17, 15) is 51.1 Å². The van der Waals surface area contributed by atoms with Crippen LogP contribution in [0.1, 0.15) is 0 Å². The molecule has 2 aliphatic heterocycles. The number of hydrogen-bond donors (Lipinski definition) is 10. The minimum Gasteiger partial charge on any atom is -0.394 e. The maximum atomic E-state index is 10.8. The topological polar surface area (TPSA) is 221 Å². The van der Waals surface area contributed by atoms with Crippen LogP contribution in [0.3, 0.4) is 0 Å². The van der Waals surface area contributed by atoms with Gasteiger partial charge in [-0.1, -0.05) is 0 Å². The van der Waals surface area contributed by atoms with Gasteiger partial charge in [-0.05, 0) is 0 Å². The lowest BCUT2D eigenvalue weighted by molar-refractivity contribution is -0.412. The molecular formula is C12H22O12. The highest BCUT2D eigenvalue weighted by Crippen LogP contribution is 2.45. The zero-order chi connectivity index (χ0) is 18.4. The van der Waals surface area contributed by atoms with Gasteiger partial charge in [0, 0.05) is 0 Å². The normalized spacial score (nSPS) is 56.2. The van der Waals surface area contributed by atoms with Crippen LogP contribution in [0.4, 0.5) is 0 Å². The monoisotopic (exact) mass is 358 g/mol. The molecule has 12 heteroatoms. The lowest BCUT2D eigenvalue weighted by Crippen LogP contribution is -2.85. The Morgan fingerprint density at radius 1 is 0.625 bits per heavy atom. The Kier molecular flexibility index (Phi) is 5.52. The summed E-state index contributed by atoms with van der Waals surface area (Å²) in [5.41, 5.74) is -6.21. The van der Waals surface area contributed by atoms with Gasteiger partial charge in [0.1, 0.15) is 36.6 Å². The molecule has 2 rings (SSSR count). The fourth-order valence-electron chi connectivity index (χ4n) is 3.27. The second-order valence-corrected chi connectivity index (χ2v) is 5.92. The minimum atomic E-state index is -3.10. The summed E-state index contributed by atoms with van der Waals surface area (Å²) in [5, 5.41) is 99.2. The van der Waals surface area contributed by atoms with Crippen molar-refractivity contribution in [3.8, 4) is 0 Å². The third-order valence-corrected chi connectivity index (χ3v) is 4.70. The van der Waals surface area contributed by atoms with E-state index < -0.39 is 73.6 Å². The molecule has 10 atom stereocenters. The van der Waals surface area contributed by atoms with Gasteiger partial charge in [0.25, 0.3) is 0 Å². The van der Waals surface area contributed by atoms with E-state index in [4.69, 9.17) is 9.47 Å². The van der Waals surface area contributed by atoms with Gasteiger partial charge >= 0.3 is 0 Å². The van der Waals surface area contributed by atoms with Gasteiger partial charge < -0.3 is 60.5 Å². The number of hydrogen-bond acceptors (Lipinski definition) is 12. The Balaban J connectivity index is 2.57. The molecule has 0 amide bonds. The van der Waals surface area contributed by atoms with Gasteiger partial charge in [-0.2, -0.15) is 0 Å². The summed E-state index contributed by atoms with van der Waals surface area (Å²) in [6, 6.07) is 0. The number of aliphatic hydroxyl groups excluding tert-OH is 8. The molecule has 12 nitrogen and oxygen atoms in total. The molecule has 2 heterocycles. The Bertz CT molecular complexity index is 402. The molecule has 24 heavy (non-hydrogen) atoms. The van der Waals surface area contributed by atoms with Crippen molar-refractivity contribution in [1.82, 2.24) is 0 Å². The molecule has 0 radical (unpaired) electrons. The molecule has 2 fully saturated rings. The van der Waals surface area contributed by atoms with Gasteiger partial charge in [-0.25, -0.2) is 0 Å². The van der Waals surface area contributed by atoms with E-state index in [1.807, 2.05) is 0 Å². The van der Waals surface area contributed by atoms with Crippen molar-refractivity contribution in [2.24, 2.45) is 0 Å². The maximum Gasteiger partial charge on any atom is 0.184 e. The van der Waals surface area contributed by atoms with Crippen LogP contribution < -0.4 is 0 Å². The van der Waals surface area contributed by atoms with Crippen molar-refractivity contribution >= 4 is 0 Å². The molecule has 0 spiro atoms. The van der Waals surface area contributed by atoms with E-state index in [0.717, 1.165) is 0 Å². The van der Waals surface area contributed by atoms with Crippen molar-refractivity contribution in [3.63, 3.8) is 0 Å². The van der Waals surface area contributed by atoms with Crippen molar-refractivity contribution < 1.29 is 60.5 Å². The molecule has 0 aliphatic carbocycles. The van der Waals surface area contributed by atoms with Crippen molar-refractivity contribution in [2.75, 3.05) is 13.2 Å². The molecule has 0 aromatic rings. The molecule has 2 saturated heterocycles. The highest BCUT2D eigenvalue weighted by molar-refractivity contribution is 5.20. The van der Waals surface area contributed by atoms with Crippen LogP contribution in [0.25, 0.3) is 0 Å². The van der Waals surface area contributed by atoms with Gasteiger partial charge in [-0.15, -0.1) is 0 Å². The van der Waals surface area contributed by atoms with E-state index in [2.05, 4.69) is 0 Å². The zero-order valence-corrected chi connectivity index (χ0v) is 12.3. The summed E-state index contributed by atoms with van der Waals surface area (Å²) >= 11 is 0. The van der Waals surface area contributed by atoms with E-state index in [1.165, 1.54) is 0 Å². The van der Waals surface area contributed by atoms with Gasteiger partial charge in [0.05, 0.1) is 13.2 Å². The largest absolute Gasteiger partial charge is 0.394 e. The fourth-order valence-corrected chi connectivity index (χ4v) is 3.27. The SMILES string of the molecule is OC[C@H]1O[C@H](O)[C@H](O)[C@@H](O)[C@]1(O)[C@]1(O)[C@H](O)[C@@H](O)[C@@H](O)O[C@@H]1CO. The highest BCUT2D eigenvalue weighted by atomic mass is 16.7. The van der Waals surface area contributed by atoms with Crippen molar-refractivity contribution in [1.29, 1.82) is 0 Å². The van der Waals surface area contributed by atoms with Gasteiger partial charge in [-0.3, -0.25) is 0 Å². The van der Waals surface area contributed by atoms with Crippen LogP contribution in [0.15, 0.2) is 0 Å². The summed E-state index contributed by atoms with van der Waals surface area (Å²) in [5.74, 6) is 0. The van der Waals surface area contributed by atoms with Crippen LogP contribution in [-0.2, 0) is 9.47 Å². The van der Waals surface area contributed by atoms with Crippen LogP contribution >= 0.6 is 0 Å². The van der Waals surface area contributed by atoms with Gasteiger partial charge in [0.15, 0.2) is 23.8 Å². The standard InChI is InChI=1S/C12H22O12/c13-1-3-11(21,7(17)5(15)9(19)23-3)12(22)4(2-14)24-10(20)6(16)8(12)18/h3-10,13-22H,1-2H2/t3-,4-,5-,6-,7-,8-,9+,10+,11-,12+/m1/s1. The maximum absolute atomic E-state index is 10.8. The first-order valence-electron chi connectivity index (χ1n) is 7.13. The number of ether oxygens (including phenoxy) is 2. The van der Waals surface area contributed by atoms with Crippen LogP contribution in [0.5, 0.6) is 0 Å². The Hall–Kier alpha value is -0.480. The molecule has 0 saturated carbocycles. The van der Waals surface area contributed by atoms with Crippen LogP contribution in [0.2, 0.25) is 0 Å². The molecular weight excluding hydrogens is 336 g/mol. The molecule has 0 aromatic heterocycles. The minimum absolute atomic E-state index is 1.09. The van der Waals surface area contributed by atoms with Crippen molar-refractivity contribution in [3.05, 3.63) is 0 Å². The molecule has 0 aromatic carbocycles. The predicted molar refractivity (Wildman–Crippen MR) is 69.9 cm³/mol. The Morgan fingerprint density at radius 3 is 1.17 bits per heavy atom. The first kappa shape index (κ1) is 19.8. The zero-order valence-electron chi connectivity index (χ0n) is 12.3. The summed E-state index contributed by atoms with van der Waals surface area (Å²) in [6.07, 6.45) is -17.1.